The number of rotatable bonds is 5. The summed E-state index contributed by atoms with van der Waals surface area (Å²) in [4.78, 5) is 9.27. The van der Waals surface area contributed by atoms with E-state index in [0.29, 0.717) is 6.42 Å². The van der Waals surface area contributed by atoms with Gasteiger partial charge in [0.05, 0.1) is 5.69 Å². The van der Waals surface area contributed by atoms with Crippen LogP contribution in [0.3, 0.4) is 0 Å². The van der Waals surface area contributed by atoms with E-state index in [1.165, 1.54) is 0 Å². The average Bonchev–Trinajstić information content (AvgIpc) is 2.87. The molecule has 0 unspecified atom stereocenters. The summed E-state index contributed by atoms with van der Waals surface area (Å²) >= 11 is 0. The van der Waals surface area contributed by atoms with E-state index in [4.69, 9.17) is 4.98 Å². The summed E-state index contributed by atoms with van der Waals surface area (Å²) < 4.78 is 0. The van der Waals surface area contributed by atoms with Crippen LogP contribution in [0.5, 0.6) is 5.75 Å². The zero-order valence-electron chi connectivity index (χ0n) is 17.8. The van der Waals surface area contributed by atoms with Crippen LogP contribution in [0.25, 0.3) is 33.8 Å². The maximum absolute atomic E-state index is 11.0. The van der Waals surface area contributed by atoms with Crippen molar-refractivity contribution < 1.29 is 26.2 Å². The van der Waals surface area contributed by atoms with Gasteiger partial charge in [-0.3, -0.25) is 9.97 Å². The first kappa shape index (κ1) is 22.6. The Hall–Kier alpha value is -3.55. The van der Waals surface area contributed by atoms with Crippen molar-refractivity contribution in [2.45, 2.75) is 6.42 Å². The second kappa shape index (κ2) is 10.4. The van der Waals surface area contributed by atoms with Gasteiger partial charge in [-0.15, -0.1) is 24.3 Å². The molecule has 2 heterocycles. The first-order valence-corrected chi connectivity index (χ1v) is 10.5. The summed E-state index contributed by atoms with van der Waals surface area (Å²) in [7, 11) is 0. The zero-order valence-corrected chi connectivity index (χ0v) is 20.0. The molecule has 0 spiro atoms. The van der Waals surface area contributed by atoms with Gasteiger partial charge < -0.3 is 5.11 Å². The monoisotopic (exact) mass is 608 g/mol. The third-order valence-corrected chi connectivity index (χ3v) is 5.39. The van der Waals surface area contributed by atoms with Gasteiger partial charge in [-0.25, -0.2) is 0 Å². The summed E-state index contributed by atoms with van der Waals surface area (Å²) in [6.07, 6.45) is 2.44. The van der Waals surface area contributed by atoms with Crippen LogP contribution in [0.1, 0.15) is 11.1 Å². The first-order valence-electron chi connectivity index (χ1n) is 10.5. The van der Waals surface area contributed by atoms with Crippen molar-refractivity contribution in [1.29, 1.82) is 0 Å². The van der Waals surface area contributed by atoms with Crippen molar-refractivity contribution in [3.8, 4) is 39.5 Å². The fourth-order valence-corrected chi connectivity index (χ4v) is 3.78. The van der Waals surface area contributed by atoms with E-state index < -0.39 is 0 Å². The predicted octanol–water partition coefficient (Wildman–Crippen LogP) is 6.57. The van der Waals surface area contributed by atoms with E-state index in [-0.39, 0.29) is 26.8 Å². The number of aromatic nitrogens is 2. The molecule has 0 atom stereocenters. The number of phenolic OH excluding ortho intramolecular Hbond substituents is 1. The molecular formula is C29H21N2OPt-. The average molecular weight is 609 g/mol. The van der Waals surface area contributed by atoms with Crippen LogP contribution in [0, 0.1) is 6.07 Å². The molecule has 4 heteroatoms. The van der Waals surface area contributed by atoms with E-state index in [1.54, 1.807) is 6.20 Å². The van der Waals surface area contributed by atoms with E-state index in [9.17, 15) is 5.11 Å². The normalized spacial score (nSPS) is 10.4. The molecule has 5 aromatic rings. The minimum absolute atomic E-state index is 0. The number of hydrogen-bond donors (Lipinski definition) is 1. The van der Waals surface area contributed by atoms with E-state index in [0.717, 1.165) is 44.9 Å². The van der Waals surface area contributed by atoms with Gasteiger partial charge in [0, 0.05) is 50.6 Å². The smallest absolute Gasteiger partial charge is 0.128 e. The molecule has 0 saturated heterocycles. The van der Waals surface area contributed by atoms with Crippen molar-refractivity contribution in [1.82, 2.24) is 9.97 Å². The maximum Gasteiger partial charge on any atom is 0.128 e. The maximum atomic E-state index is 11.0. The molecular weight excluding hydrogens is 587 g/mol. The van der Waals surface area contributed by atoms with Gasteiger partial charge in [0.2, 0.25) is 0 Å². The summed E-state index contributed by atoms with van der Waals surface area (Å²) in [6.45, 7) is 0. The number of phenols is 1. The molecule has 1 N–H and O–H groups in total. The Bertz CT molecular complexity index is 1350. The molecule has 164 valence electrons. The second-order valence-corrected chi connectivity index (χ2v) is 7.58. The van der Waals surface area contributed by atoms with Gasteiger partial charge in [-0.1, -0.05) is 77.9 Å². The summed E-state index contributed by atoms with van der Waals surface area (Å²) in [6, 6.07) is 37.1. The van der Waals surface area contributed by atoms with Crippen molar-refractivity contribution in [3.63, 3.8) is 0 Å². The Morgan fingerprint density at radius 1 is 0.636 bits per heavy atom. The summed E-state index contributed by atoms with van der Waals surface area (Å²) in [5.74, 6) is 0.271. The van der Waals surface area contributed by atoms with Crippen LogP contribution in [0.15, 0.2) is 109 Å². The fraction of sp³-hybridized carbons (Fsp3) is 0.0345. The van der Waals surface area contributed by atoms with Gasteiger partial charge in [-0.05, 0) is 29.3 Å². The molecule has 5 rings (SSSR count). The quantitative estimate of drug-likeness (QED) is 0.230. The van der Waals surface area contributed by atoms with Gasteiger partial charge in [0.25, 0.3) is 0 Å². The second-order valence-electron chi connectivity index (χ2n) is 7.58. The number of benzene rings is 3. The summed E-state index contributed by atoms with van der Waals surface area (Å²) in [5.41, 5.74) is 6.96. The molecule has 0 aliphatic rings. The summed E-state index contributed by atoms with van der Waals surface area (Å²) in [5, 5.41) is 11.0. The molecule has 2 aromatic heterocycles. The number of hydrogen-bond acceptors (Lipinski definition) is 3. The van der Waals surface area contributed by atoms with Crippen molar-refractivity contribution in [2.24, 2.45) is 0 Å². The fourth-order valence-electron chi connectivity index (χ4n) is 3.78. The van der Waals surface area contributed by atoms with Crippen LogP contribution in [-0.2, 0) is 27.5 Å². The zero-order chi connectivity index (χ0) is 21.8. The molecule has 0 aliphatic carbocycles. The minimum Gasteiger partial charge on any atom is -0.507 e. The molecule has 0 amide bonds. The molecule has 0 saturated carbocycles. The van der Waals surface area contributed by atoms with Crippen molar-refractivity contribution >= 4 is 0 Å². The van der Waals surface area contributed by atoms with Crippen LogP contribution in [-0.4, -0.2) is 15.1 Å². The van der Waals surface area contributed by atoms with Gasteiger partial charge >= 0.3 is 0 Å². The Balaban J connectivity index is 0.00000259. The first-order chi connectivity index (χ1) is 15.8. The molecule has 0 bridgehead atoms. The Morgan fingerprint density at radius 2 is 1.30 bits per heavy atom. The van der Waals surface area contributed by atoms with Crippen LogP contribution >= 0.6 is 0 Å². The van der Waals surface area contributed by atoms with Crippen LogP contribution in [0.4, 0.5) is 0 Å². The molecule has 0 radical (unpaired) electrons. The predicted molar refractivity (Wildman–Crippen MR) is 128 cm³/mol. The SMILES string of the molecule is Oc1c(Cc2ccccc2)cccc1-c1cccc(-c2[c-]c(-c3ccccn3)ccc2)n1.[Pt]. The van der Waals surface area contributed by atoms with Crippen molar-refractivity contribution in [3.05, 3.63) is 127 Å². The molecule has 3 aromatic carbocycles. The number of aromatic hydroxyl groups is 1. The van der Waals surface area contributed by atoms with Gasteiger partial charge in [0.1, 0.15) is 5.75 Å². The largest absolute Gasteiger partial charge is 0.507 e. The molecule has 3 nitrogen and oxygen atoms in total. The third-order valence-electron chi connectivity index (χ3n) is 5.39. The van der Waals surface area contributed by atoms with Crippen molar-refractivity contribution in [2.75, 3.05) is 0 Å². The number of para-hydroxylation sites is 1. The third kappa shape index (κ3) is 5.10. The van der Waals surface area contributed by atoms with E-state index >= 15 is 0 Å². The number of nitrogens with zero attached hydrogens (tertiary/aromatic N) is 2. The van der Waals surface area contributed by atoms with Gasteiger partial charge in [-0.2, -0.15) is 0 Å². The van der Waals surface area contributed by atoms with Crippen LogP contribution < -0.4 is 0 Å². The van der Waals surface area contributed by atoms with Crippen LogP contribution in [0.2, 0.25) is 0 Å². The topological polar surface area (TPSA) is 46.0 Å². The van der Waals surface area contributed by atoms with E-state index in [2.05, 4.69) is 23.2 Å². The van der Waals surface area contributed by atoms with Gasteiger partial charge in [0.15, 0.2) is 0 Å². The Kier molecular flexibility index (Phi) is 7.12. The molecule has 0 aliphatic heterocycles. The molecule has 0 fully saturated rings. The van der Waals surface area contributed by atoms with E-state index in [1.807, 2.05) is 91.0 Å². The number of pyridine rings is 2. The Labute approximate surface area is 208 Å². The minimum atomic E-state index is 0. The standard InChI is InChI=1S/C29H21N2O.Pt/c32-29-24(19-21-9-2-1-3-10-21)13-7-14-25(29)28-17-8-16-27(31-28)23-12-6-11-22(20-23)26-15-4-5-18-30-26;/h1-18,32H,19H2;/q-1;. The Morgan fingerprint density at radius 3 is 2.09 bits per heavy atom. The molecule has 33 heavy (non-hydrogen) atoms.